The van der Waals surface area contributed by atoms with E-state index in [0.717, 1.165) is 5.56 Å². The predicted octanol–water partition coefficient (Wildman–Crippen LogP) is 2.38. The molecule has 0 unspecified atom stereocenters. The van der Waals surface area contributed by atoms with E-state index in [1.165, 1.54) is 7.11 Å². The molecule has 0 saturated carbocycles. The van der Waals surface area contributed by atoms with Gasteiger partial charge in [-0.15, -0.1) is 0 Å². The molecular weight excluding hydrogens is 336 g/mol. The van der Waals surface area contributed by atoms with Crippen molar-refractivity contribution in [3.05, 3.63) is 47.5 Å². The fraction of sp³-hybridized carbons (Fsp3) is 0.263. The number of aryl methyl sites for hydroxylation is 1. The summed E-state index contributed by atoms with van der Waals surface area (Å²) in [7, 11) is 4.63. The van der Waals surface area contributed by atoms with E-state index in [2.05, 4.69) is 5.32 Å². The lowest BCUT2D eigenvalue weighted by atomic mass is 10.1. The van der Waals surface area contributed by atoms with Gasteiger partial charge in [-0.3, -0.25) is 9.59 Å². The van der Waals surface area contributed by atoms with Gasteiger partial charge in [-0.2, -0.15) is 0 Å². The number of anilines is 1. The van der Waals surface area contributed by atoms with Crippen molar-refractivity contribution >= 4 is 17.5 Å². The highest BCUT2D eigenvalue weighted by Gasteiger charge is 2.14. The summed E-state index contributed by atoms with van der Waals surface area (Å²) in [4.78, 5) is 23.2. The number of carbonyl (C=O) groups excluding carboxylic acids is 2. The minimum absolute atomic E-state index is 0.148. The summed E-state index contributed by atoms with van der Waals surface area (Å²) in [6, 6.07) is 10.0. The number of hydrogen-bond acceptors (Lipinski definition) is 5. The van der Waals surface area contributed by atoms with Crippen molar-refractivity contribution in [2.45, 2.75) is 12.8 Å². The highest BCUT2D eigenvalue weighted by atomic mass is 16.5. The maximum atomic E-state index is 12.1. The topological polar surface area (TPSA) is 99.9 Å². The molecule has 0 aliphatic carbocycles. The standard InChI is InChI=1S/C19H22N2O5/c1-24-15-10-12(11-16(25-2)18(15)26-3)4-9-17(22)21-14-7-5-13(6-8-14)19(20)23/h5-8,10-11H,4,9H2,1-3H3,(H2,20,23)(H,21,22). The first-order valence-corrected chi connectivity index (χ1v) is 7.97. The quantitative estimate of drug-likeness (QED) is 0.755. The van der Waals surface area contributed by atoms with E-state index < -0.39 is 5.91 Å². The van der Waals surface area contributed by atoms with Crippen LogP contribution in [-0.2, 0) is 11.2 Å². The van der Waals surface area contributed by atoms with Crippen molar-refractivity contribution in [1.82, 2.24) is 0 Å². The van der Waals surface area contributed by atoms with Crippen LogP contribution in [0.25, 0.3) is 0 Å². The molecule has 0 bridgehead atoms. The van der Waals surface area contributed by atoms with Crippen LogP contribution in [0.4, 0.5) is 5.69 Å². The second-order valence-electron chi connectivity index (χ2n) is 5.52. The zero-order valence-electron chi connectivity index (χ0n) is 15.0. The molecule has 26 heavy (non-hydrogen) atoms. The Morgan fingerprint density at radius 3 is 2.00 bits per heavy atom. The number of primary amides is 1. The first-order valence-electron chi connectivity index (χ1n) is 7.97. The maximum Gasteiger partial charge on any atom is 0.248 e. The van der Waals surface area contributed by atoms with Crippen molar-refractivity contribution in [3.63, 3.8) is 0 Å². The molecule has 0 radical (unpaired) electrons. The van der Waals surface area contributed by atoms with Gasteiger partial charge in [0.05, 0.1) is 21.3 Å². The van der Waals surface area contributed by atoms with E-state index in [-0.39, 0.29) is 12.3 Å². The van der Waals surface area contributed by atoms with E-state index in [0.29, 0.717) is 34.9 Å². The summed E-state index contributed by atoms with van der Waals surface area (Å²) in [6.07, 6.45) is 0.776. The first kappa shape index (κ1) is 19.1. The van der Waals surface area contributed by atoms with Gasteiger partial charge in [0.15, 0.2) is 11.5 Å². The van der Waals surface area contributed by atoms with E-state index in [1.54, 1.807) is 38.5 Å². The van der Waals surface area contributed by atoms with E-state index in [1.807, 2.05) is 12.1 Å². The largest absolute Gasteiger partial charge is 0.493 e. The average Bonchev–Trinajstić information content (AvgIpc) is 2.65. The van der Waals surface area contributed by atoms with E-state index in [9.17, 15) is 9.59 Å². The number of nitrogens with two attached hydrogens (primary N) is 1. The van der Waals surface area contributed by atoms with Gasteiger partial charge >= 0.3 is 0 Å². The van der Waals surface area contributed by atoms with Crippen LogP contribution < -0.4 is 25.3 Å². The Morgan fingerprint density at radius 1 is 0.962 bits per heavy atom. The van der Waals surface area contributed by atoms with Crippen LogP contribution in [-0.4, -0.2) is 33.1 Å². The molecule has 0 aliphatic rings. The lowest BCUT2D eigenvalue weighted by Gasteiger charge is -2.14. The molecule has 2 amide bonds. The Balaban J connectivity index is 2.01. The van der Waals surface area contributed by atoms with Gasteiger partial charge in [0.25, 0.3) is 0 Å². The number of amides is 2. The van der Waals surface area contributed by atoms with Crippen LogP contribution in [0.5, 0.6) is 17.2 Å². The number of nitrogens with one attached hydrogen (secondary N) is 1. The molecule has 0 atom stereocenters. The highest BCUT2D eigenvalue weighted by Crippen LogP contribution is 2.38. The van der Waals surface area contributed by atoms with Crippen LogP contribution in [0.2, 0.25) is 0 Å². The van der Waals surface area contributed by atoms with Crippen molar-refractivity contribution < 1.29 is 23.8 Å². The molecule has 7 heteroatoms. The molecule has 0 saturated heterocycles. The molecule has 3 N–H and O–H groups in total. The third-order valence-corrected chi connectivity index (χ3v) is 3.82. The van der Waals surface area contributed by atoms with Crippen LogP contribution in [0, 0.1) is 0 Å². The molecule has 7 nitrogen and oxygen atoms in total. The molecule has 0 spiro atoms. The van der Waals surface area contributed by atoms with Gasteiger partial charge in [-0.25, -0.2) is 0 Å². The zero-order chi connectivity index (χ0) is 19.1. The monoisotopic (exact) mass is 358 g/mol. The number of rotatable bonds is 8. The summed E-state index contributed by atoms with van der Waals surface area (Å²) in [5.74, 6) is 0.946. The molecule has 2 aromatic carbocycles. The smallest absolute Gasteiger partial charge is 0.248 e. The van der Waals surface area contributed by atoms with Gasteiger partial charge in [0.2, 0.25) is 17.6 Å². The third-order valence-electron chi connectivity index (χ3n) is 3.82. The van der Waals surface area contributed by atoms with Gasteiger partial charge in [-0.05, 0) is 48.4 Å². The number of ether oxygens (including phenoxy) is 3. The van der Waals surface area contributed by atoms with Crippen molar-refractivity contribution in [1.29, 1.82) is 0 Å². The lowest BCUT2D eigenvalue weighted by Crippen LogP contribution is -2.13. The Labute approximate surface area is 152 Å². The summed E-state index contributed by atoms with van der Waals surface area (Å²) in [6.45, 7) is 0. The van der Waals surface area contributed by atoms with Crippen LogP contribution in [0.15, 0.2) is 36.4 Å². The summed E-state index contributed by atoms with van der Waals surface area (Å²) in [5.41, 5.74) is 7.07. The number of benzene rings is 2. The van der Waals surface area contributed by atoms with Crippen molar-refractivity contribution in [3.8, 4) is 17.2 Å². The van der Waals surface area contributed by atoms with Gasteiger partial charge in [-0.1, -0.05) is 0 Å². The Bertz CT molecular complexity index is 762. The molecular formula is C19H22N2O5. The highest BCUT2D eigenvalue weighted by molar-refractivity contribution is 5.94. The molecule has 0 aliphatic heterocycles. The second kappa shape index (κ2) is 8.75. The SMILES string of the molecule is COc1cc(CCC(=O)Nc2ccc(C(N)=O)cc2)cc(OC)c1OC. The molecule has 2 rings (SSSR count). The Kier molecular flexibility index (Phi) is 6.43. The summed E-state index contributed by atoms with van der Waals surface area (Å²) in [5, 5.41) is 2.78. The normalized spacial score (nSPS) is 10.1. The van der Waals surface area contributed by atoms with E-state index in [4.69, 9.17) is 19.9 Å². The maximum absolute atomic E-state index is 12.1. The minimum Gasteiger partial charge on any atom is -0.493 e. The van der Waals surface area contributed by atoms with Crippen molar-refractivity contribution in [2.75, 3.05) is 26.6 Å². The van der Waals surface area contributed by atoms with Crippen LogP contribution >= 0.6 is 0 Å². The molecule has 0 fully saturated rings. The minimum atomic E-state index is -0.509. The zero-order valence-corrected chi connectivity index (χ0v) is 15.0. The van der Waals surface area contributed by atoms with Crippen molar-refractivity contribution in [2.24, 2.45) is 5.73 Å². The number of carbonyl (C=O) groups is 2. The molecule has 0 aromatic heterocycles. The number of hydrogen-bond donors (Lipinski definition) is 2. The number of methoxy groups -OCH3 is 3. The fourth-order valence-electron chi connectivity index (χ4n) is 2.48. The average molecular weight is 358 g/mol. The van der Waals surface area contributed by atoms with Gasteiger partial charge in [0.1, 0.15) is 0 Å². The predicted molar refractivity (Wildman–Crippen MR) is 98.0 cm³/mol. The fourth-order valence-corrected chi connectivity index (χ4v) is 2.48. The molecule has 0 heterocycles. The first-order chi connectivity index (χ1) is 12.5. The molecule has 2 aromatic rings. The van der Waals surface area contributed by atoms with Crippen LogP contribution in [0.3, 0.4) is 0 Å². The van der Waals surface area contributed by atoms with Gasteiger partial charge < -0.3 is 25.3 Å². The Hall–Kier alpha value is -3.22. The Morgan fingerprint density at radius 2 is 1.54 bits per heavy atom. The van der Waals surface area contributed by atoms with Crippen LogP contribution in [0.1, 0.15) is 22.3 Å². The third kappa shape index (κ3) is 4.66. The van der Waals surface area contributed by atoms with E-state index >= 15 is 0 Å². The summed E-state index contributed by atoms with van der Waals surface area (Å²) < 4.78 is 15.9. The lowest BCUT2D eigenvalue weighted by molar-refractivity contribution is -0.116. The molecule has 138 valence electrons. The second-order valence-corrected chi connectivity index (χ2v) is 5.52. The summed E-state index contributed by atoms with van der Waals surface area (Å²) >= 11 is 0. The van der Waals surface area contributed by atoms with Gasteiger partial charge in [0, 0.05) is 17.7 Å².